The maximum absolute atomic E-state index is 13.2. The summed E-state index contributed by atoms with van der Waals surface area (Å²) in [4.78, 5) is 28.0. The summed E-state index contributed by atoms with van der Waals surface area (Å²) in [6.45, 7) is 2.80. The minimum atomic E-state index is -0.383. The van der Waals surface area contributed by atoms with E-state index < -0.39 is 0 Å². The predicted octanol–water partition coefficient (Wildman–Crippen LogP) is 4.49. The van der Waals surface area contributed by atoms with E-state index in [9.17, 15) is 9.59 Å². The second kappa shape index (κ2) is 10.8. The van der Waals surface area contributed by atoms with E-state index in [4.69, 9.17) is 9.47 Å². The van der Waals surface area contributed by atoms with Gasteiger partial charge in [0.15, 0.2) is 0 Å². The second-order valence-electron chi connectivity index (χ2n) is 7.82. The molecule has 1 saturated heterocycles. The van der Waals surface area contributed by atoms with Gasteiger partial charge in [-0.1, -0.05) is 31.9 Å². The number of piperidine rings is 1. The highest BCUT2D eigenvalue weighted by Gasteiger charge is 2.41. The van der Waals surface area contributed by atoms with Crippen LogP contribution >= 0.6 is 0 Å². The van der Waals surface area contributed by atoms with Crippen molar-refractivity contribution < 1.29 is 19.1 Å². The Hall–Kier alpha value is -3.02. The maximum Gasteiger partial charge on any atom is 0.227 e. The van der Waals surface area contributed by atoms with Gasteiger partial charge in [0.05, 0.1) is 26.2 Å². The van der Waals surface area contributed by atoms with E-state index in [0.717, 1.165) is 42.0 Å². The first-order valence-electron chi connectivity index (χ1n) is 11.0. The Morgan fingerprint density at radius 3 is 2.19 bits per heavy atom. The summed E-state index contributed by atoms with van der Waals surface area (Å²) in [6, 6.07) is 14.7. The molecular weight excluding hydrogens is 392 g/mol. The summed E-state index contributed by atoms with van der Waals surface area (Å²) in [6.07, 6.45) is 4.02. The van der Waals surface area contributed by atoms with Crippen LogP contribution in [0.5, 0.6) is 11.5 Å². The maximum atomic E-state index is 13.2. The number of anilines is 1. The molecule has 31 heavy (non-hydrogen) atoms. The van der Waals surface area contributed by atoms with Gasteiger partial charge in [-0.15, -0.1) is 0 Å². The summed E-state index contributed by atoms with van der Waals surface area (Å²) in [5.74, 6) is 1.15. The summed E-state index contributed by atoms with van der Waals surface area (Å²) in [7, 11) is 3.23. The number of amides is 2. The molecule has 166 valence electrons. The highest BCUT2D eigenvalue weighted by molar-refractivity contribution is 5.97. The minimum Gasteiger partial charge on any atom is -0.497 e. The Labute approximate surface area is 184 Å². The SMILES string of the molecule is CCCCCNC(=O)C1CCC(=O)N(c2ccc(OC)cc2)C1c1ccc(OC)cc1. The molecule has 0 spiro atoms. The van der Waals surface area contributed by atoms with Crippen LogP contribution in [-0.2, 0) is 9.59 Å². The number of ether oxygens (including phenoxy) is 2. The number of benzene rings is 2. The number of hydrogen-bond donors (Lipinski definition) is 1. The summed E-state index contributed by atoms with van der Waals surface area (Å²) in [5.41, 5.74) is 1.67. The minimum absolute atomic E-state index is 0.00272. The lowest BCUT2D eigenvalue weighted by Crippen LogP contribution is -2.48. The lowest BCUT2D eigenvalue weighted by atomic mass is 9.83. The fraction of sp³-hybridized carbons (Fsp3) is 0.440. The molecule has 0 aromatic heterocycles. The quantitative estimate of drug-likeness (QED) is 0.602. The molecular formula is C25H32N2O4. The first-order chi connectivity index (χ1) is 15.1. The van der Waals surface area contributed by atoms with Crippen LogP contribution < -0.4 is 19.7 Å². The molecule has 1 N–H and O–H groups in total. The molecule has 6 heteroatoms. The fourth-order valence-corrected chi connectivity index (χ4v) is 4.11. The van der Waals surface area contributed by atoms with E-state index >= 15 is 0 Å². The molecule has 0 bridgehead atoms. The zero-order valence-electron chi connectivity index (χ0n) is 18.6. The Bertz CT molecular complexity index is 864. The van der Waals surface area contributed by atoms with E-state index in [1.807, 2.05) is 48.5 Å². The number of rotatable bonds is 9. The molecule has 3 rings (SSSR count). The summed E-state index contributed by atoms with van der Waals surface area (Å²) < 4.78 is 10.6. The first-order valence-corrected chi connectivity index (χ1v) is 11.0. The van der Waals surface area contributed by atoms with Crippen molar-refractivity contribution in [1.29, 1.82) is 0 Å². The molecule has 0 radical (unpaired) electrons. The van der Waals surface area contributed by atoms with Crippen molar-refractivity contribution in [2.24, 2.45) is 5.92 Å². The highest BCUT2D eigenvalue weighted by atomic mass is 16.5. The highest BCUT2D eigenvalue weighted by Crippen LogP contribution is 2.40. The topological polar surface area (TPSA) is 67.9 Å². The van der Waals surface area contributed by atoms with Crippen molar-refractivity contribution in [3.63, 3.8) is 0 Å². The molecule has 1 fully saturated rings. The second-order valence-corrected chi connectivity index (χ2v) is 7.82. The van der Waals surface area contributed by atoms with Gasteiger partial charge >= 0.3 is 0 Å². The van der Waals surface area contributed by atoms with E-state index in [1.165, 1.54) is 0 Å². The monoisotopic (exact) mass is 424 g/mol. The number of carbonyl (C=O) groups is 2. The predicted molar refractivity (Wildman–Crippen MR) is 121 cm³/mol. The molecule has 1 heterocycles. The third-order valence-electron chi connectivity index (χ3n) is 5.82. The van der Waals surface area contributed by atoms with E-state index in [1.54, 1.807) is 19.1 Å². The van der Waals surface area contributed by atoms with Gasteiger partial charge in [0, 0.05) is 18.7 Å². The zero-order valence-corrected chi connectivity index (χ0v) is 18.6. The zero-order chi connectivity index (χ0) is 22.2. The van der Waals surface area contributed by atoms with Crippen LogP contribution in [0.15, 0.2) is 48.5 Å². The van der Waals surface area contributed by atoms with E-state index in [-0.39, 0.29) is 23.8 Å². The molecule has 1 aliphatic rings. The normalized spacial score (nSPS) is 18.5. The average molecular weight is 425 g/mol. The van der Waals surface area contributed by atoms with E-state index in [0.29, 0.717) is 19.4 Å². The molecule has 2 unspecified atom stereocenters. The smallest absolute Gasteiger partial charge is 0.227 e. The van der Waals surface area contributed by atoms with E-state index in [2.05, 4.69) is 12.2 Å². The Kier molecular flexibility index (Phi) is 7.93. The number of hydrogen-bond acceptors (Lipinski definition) is 4. The Balaban J connectivity index is 1.94. The molecule has 0 saturated carbocycles. The van der Waals surface area contributed by atoms with Crippen LogP contribution in [0, 0.1) is 5.92 Å². The Morgan fingerprint density at radius 2 is 1.61 bits per heavy atom. The van der Waals surface area contributed by atoms with Crippen molar-refractivity contribution in [2.45, 2.75) is 45.1 Å². The lowest BCUT2D eigenvalue weighted by molar-refractivity contribution is -0.129. The van der Waals surface area contributed by atoms with Gasteiger partial charge in [-0.3, -0.25) is 9.59 Å². The third kappa shape index (κ3) is 5.37. The van der Waals surface area contributed by atoms with Crippen molar-refractivity contribution in [3.8, 4) is 11.5 Å². The van der Waals surface area contributed by atoms with Gasteiger partial charge in [-0.2, -0.15) is 0 Å². The fourth-order valence-electron chi connectivity index (χ4n) is 4.11. The van der Waals surface area contributed by atoms with Crippen LogP contribution in [0.4, 0.5) is 5.69 Å². The third-order valence-corrected chi connectivity index (χ3v) is 5.82. The molecule has 1 aliphatic heterocycles. The van der Waals surface area contributed by atoms with Crippen LogP contribution in [0.1, 0.15) is 50.6 Å². The number of nitrogens with zero attached hydrogens (tertiary/aromatic N) is 1. The largest absolute Gasteiger partial charge is 0.497 e. The van der Waals surface area contributed by atoms with Gasteiger partial charge in [0.1, 0.15) is 11.5 Å². The lowest BCUT2D eigenvalue weighted by Gasteiger charge is -2.41. The number of methoxy groups -OCH3 is 2. The average Bonchev–Trinajstić information content (AvgIpc) is 2.81. The van der Waals surface area contributed by atoms with Crippen molar-refractivity contribution in [1.82, 2.24) is 5.32 Å². The van der Waals surface area contributed by atoms with Gasteiger partial charge < -0.3 is 19.7 Å². The number of nitrogens with one attached hydrogen (secondary N) is 1. The molecule has 6 nitrogen and oxygen atoms in total. The Morgan fingerprint density at radius 1 is 1.00 bits per heavy atom. The van der Waals surface area contributed by atoms with Crippen LogP contribution in [-0.4, -0.2) is 32.6 Å². The molecule has 2 aromatic carbocycles. The molecule has 2 atom stereocenters. The molecule has 2 aromatic rings. The number of carbonyl (C=O) groups excluding carboxylic acids is 2. The molecule has 2 amide bonds. The summed E-state index contributed by atoms with van der Waals surface area (Å²) in [5, 5.41) is 3.09. The standard InChI is InChI=1S/C25H32N2O4/c1-4-5-6-17-26-25(29)22-15-16-23(28)27(19-9-13-21(31-3)14-10-19)24(22)18-7-11-20(30-2)12-8-18/h7-14,22,24H,4-6,15-17H2,1-3H3,(H,26,29). The van der Waals surface area contributed by atoms with Gasteiger partial charge in [0.25, 0.3) is 0 Å². The van der Waals surface area contributed by atoms with Crippen LogP contribution in [0.2, 0.25) is 0 Å². The van der Waals surface area contributed by atoms with Gasteiger partial charge in [-0.25, -0.2) is 0 Å². The molecule has 0 aliphatic carbocycles. The van der Waals surface area contributed by atoms with Crippen LogP contribution in [0.25, 0.3) is 0 Å². The van der Waals surface area contributed by atoms with Crippen molar-refractivity contribution in [2.75, 3.05) is 25.7 Å². The first kappa shape index (κ1) is 22.7. The van der Waals surface area contributed by atoms with Gasteiger partial charge in [0.2, 0.25) is 11.8 Å². The number of unbranched alkanes of at least 4 members (excludes halogenated alkanes) is 2. The van der Waals surface area contributed by atoms with Crippen LogP contribution in [0.3, 0.4) is 0 Å². The van der Waals surface area contributed by atoms with Gasteiger partial charge in [-0.05, 0) is 54.8 Å². The summed E-state index contributed by atoms with van der Waals surface area (Å²) >= 11 is 0. The van der Waals surface area contributed by atoms with Crippen molar-refractivity contribution in [3.05, 3.63) is 54.1 Å². The van der Waals surface area contributed by atoms with Crippen molar-refractivity contribution >= 4 is 17.5 Å².